The van der Waals surface area contributed by atoms with Gasteiger partial charge in [-0.2, -0.15) is 0 Å². The number of nitrogens with one attached hydrogen (secondary N) is 1. The summed E-state index contributed by atoms with van der Waals surface area (Å²) in [6, 6.07) is 18.0. The van der Waals surface area contributed by atoms with E-state index in [1.807, 2.05) is 59.5 Å². The first-order valence-electron chi connectivity index (χ1n) is 9.04. The number of rotatable bonds is 9. The number of carbonyl (C=O) groups is 1. The molecule has 0 fully saturated rings. The third-order valence-corrected chi connectivity index (χ3v) is 5.52. The van der Waals surface area contributed by atoms with Gasteiger partial charge in [-0.3, -0.25) is 4.79 Å². The number of para-hydroxylation sites is 2. The Morgan fingerprint density at radius 2 is 1.93 bits per heavy atom. The van der Waals surface area contributed by atoms with Crippen LogP contribution in [0, 0.1) is 0 Å². The van der Waals surface area contributed by atoms with E-state index in [1.165, 1.54) is 0 Å². The summed E-state index contributed by atoms with van der Waals surface area (Å²) in [7, 11) is 1.66. The van der Waals surface area contributed by atoms with Crippen LogP contribution in [0.1, 0.15) is 23.6 Å². The molecule has 0 saturated heterocycles. The Bertz CT molecular complexity index is 833. The van der Waals surface area contributed by atoms with Crippen molar-refractivity contribution in [3.05, 3.63) is 66.0 Å². The van der Waals surface area contributed by atoms with Crippen molar-refractivity contribution in [2.24, 2.45) is 0 Å². The van der Waals surface area contributed by atoms with Gasteiger partial charge in [0.05, 0.1) is 28.6 Å². The lowest BCUT2D eigenvalue weighted by Crippen LogP contribution is -2.34. The Morgan fingerprint density at radius 1 is 1.19 bits per heavy atom. The Morgan fingerprint density at radius 3 is 2.67 bits per heavy atom. The standard InChI is InChI=1S/C21H25N3O2S/c1-16(21-22-18-10-6-7-11-19(18)23-21)27-15-20(25)24(12-13-26-2)14-17-8-4-3-5-9-17/h3-11,16H,12-15H2,1-2H3,(H,22,23). The number of aromatic amines is 1. The monoisotopic (exact) mass is 383 g/mol. The van der Waals surface area contributed by atoms with Gasteiger partial charge in [-0.1, -0.05) is 42.5 Å². The van der Waals surface area contributed by atoms with Gasteiger partial charge in [0, 0.05) is 20.2 Å². The van der Waals surface area contributed by atoms with E-state index in [0.717, 1.165) is 22.4 Å². The molecule has 0 aliphatic rings. The number of thioether (sulfide) groups is 1. The quantitative estimate of drug-likeness (QED) is 0.606. The van der Waals surface area contributed by atoms with Crippen molar-refractivity contribution in [3.8, 4) is 0 Å². The van der Waals surface area contributed by atoms with E-state index in [9.17, 15) is 4.79 Å². The number of hydrogen-bond donors (Lipinski definition) is 1. The molecule has 1 amide bonds. The van der Waals surface area contributed by atoms with E-state index in [-0.39, 0.29) is 11.2 Å². The highest BCUT2D eigenvalue weighted by Crippen LogP contribution is 2.28. The van der Waals surface area contributed by atoms with Crippen LogP contribution in [0.15, 0.2) is 54.6 Å². The molecule has 1 atom stereocenters. The minimum absolute atomic E-state index is 0.113. The highest BCUT2D eigenvalue weighted by Gasteiger charge is 2.18. The van der Waals surface area contributed by atoms with Crippen molar-refractivity contribution in [1.82, 2.24) is 14.9 Å². The first-order valence-corrected chi connectivity index (χ1v) is 10.1. The van der Waals surface area contributed by atoms with Gasteiger partial charge in [-0.05, 0) is 24.6 Å². The highest BCUT2D eigenvalue weighted by atomic mass is 32.2. The van der Waals surface area contributed by atoms with Crippen molar-refractivity contribution < 1.29 is 9.53 Å². The Labute approximate surface area is 164 Å². The molecule has 1 aromatic heterocycles. The van der Waals surface area contributed by atoms with Gasteiger partial charge >= 0.3 is 0 Å². The predicted molar refractivity (Wildman–Crippen MR) is 111 cm³/mol. The fourth-order valence-electron chi connectivity index (χ4n) is 2.83. The number of ether oxygens (including phenoxy) is 1. The van der Waals surface area contributed by atoms with E-state index in [2.05, 4.69) is 16.9 Å². The number of benzene rings is 2. The third kappa shape index (κ3) is 5.34. The van der Waals surface area contributed by atoms with E-state index >= 15 is 0 Å². The second-order valence-corrected chi connectivity index (χ2v) is 7.72. The maximum absolute atomic E-state index is 12.8. The lowest BCUT2D eigenvalue weighted by molar-refractivity contribution is -0.129. The van der Waals surface area contributed by atoms with Crippen molar-refractivity contribution in [3.63, 3.8) is 0 Å². The summed E-state index contributed by atoms with van der Waals surface area (Å²) in [5, 5.41) is 0.113. The lowest BCUT2D eigenvalue weighted by Gasteiger charge is -2.23. The number of hydrogen-bond acceptors (Lipinski definition) is 4. The molecule has 0 radical (unpaired) electrons. The Balaban J connectivity index is 1.60. The molecule has 1 N–H and O–H groups in total. The van der Waals surface area contributed by atoms with Crippen LogP contribution in [-0.2, 0) is 16.1 Å². The number of nitrogens with zero attached hydrogens (tertiary/aromatic N) is 2. The van der Waals surface area contributed by atoms with Gasteiger partial charge in [0.25, 0.3) is 0 Å². The summed E-state index contributed by atoms with van der Waals surface area (Å²) in [5.41, 5.74) is 3.10. The number of H-pyrrole nitrogens is 1. The number of carbonyl (C=O) groups excluding carboxylic acids is 1. The first kappa shape index (κ1) is 19.5. The van der Waals surface area contributed by atoms with Crippen LogP contribution in [0.2, 0.25) is 0 Å². The van der Waals surface area contributed by atoms with Crippen molar-refractivity contribution in [2.75, 3.05) is 26.0 Å². The average molecular weight is 384 g/mol. The molecule has 0 aliphatic carbocycles. The number of fused-ring (bicyclic) bond motifs is 1. The molecule has 3 aromatic rings. The molecule has 0 spiro atoms. The fraction of sp³-hybridized carbons (Fsp3) is 0.333. The summed E-state index contributed by atoms with van der Waals surface area (Å²) in [6.07, 6.45) is 0. The molecule has 1 heterocycles. The van der Waals surface area contributed by atoms with Crippen LogP contribution in [-0.4, -0.2) is 46.8 Å². The van der Waals surface area contributed by atoms with Gasteiger partial charge in [0.2, 0.25) is 5.91 Å². The maximum atomic E-state index is 12.8. The van der Waals surface area contributed by atoms with Gasteiger partial charge in [0.15, 0.2) is 0 Å². The highest BCUT2D eigenvalue weighted by molar-refractivity contribution is 8.00. The average Bonchev–Trinajstić information content (AvgIpc) is 3.14. The van der Waals surface area contributed by atoms with Crippen LogP contribution in [0.4, 0.5) is 0 Å². The summed E-state index contributed by atoms with van der Waals surface area (Å²) in [5.74, 6) is 1.43. The number of aromatic nitrogens is 2. The number of amides is 1. The van der Waals surface area contributed by atoms with Crippen molar-refractivity contribution in [2.45, 2.75) is 18.7 Å². The van der Waals surface area contributed by atoms with Crippen molar-refractivity contribution in [1.29, 1.82) is 0 Å². The summed E-state index contributed by atoms with van der Waals surface area (Å²) >= 11 is 1.60. The number of methoxy groups -OCH3 is 1. The van der Waals surface area contributed by atoms with E-state index in [1.54, 1.807) is 18.9 Å². The van der Waals surface area contributed by atoms with Gasteiger partial charge in [0.1, 0.15) is 5.82 Å². The summed E-state index contributed by atoms with van der Waals surface area (Å²) < 4.78 is 5.17. The normalized spacial score (nSPS) is 12.2. The molecule has 1 unspecified atom stereocenters. The van der Waals surface area contributed by atoms with Crippen LogP contribution < -0.4 is 0 Å². The number of imidazole rings is 1. The molecule has 0 bridgehead atoms. The first-order chi connectivity index (χ1) is 13.2. The molecule has 142 valence electrons. The van der Waals surface area contributed by atoms with Gasteiger partial charge < -0.3 is 14.6 Å². The zero-order chi connectivity index (χ0) is 19.1. The fourth-order valence-corrected chi connectivity index (χ4v) is 3.67. The molecule has 3 rings (SSSR count). The SMILES string of the molecule is COCCN(Cc1ccccc1)C(=O)CSC(C)c1nc2ccccc2[nH]1. The Hall–Kier alpha value is -2.31. The smallest absolute Gasteiger partial charge is 0.232 e. The molecule has 0 saturated carbocycles. The third-order valence-electron chi connectivity index (χ3n) is 4.38. The van der Waals surface area contributed by atoms with E-state index < -0.39 is 0 Å². The zero-order valence-corrected chi connectivity index (χ0v) is 16.5. The van der Waals surface area contributed by atoms with E-state index in [0.29, 0.717) is 25.4 Å². The molecule has 5 nitrogen and oxygen atoms in total. The summed E-state index contributed by atoms with van der Waals surface area (Å²) in [6.45, 7) is 3.79. The van der Waals surface area contributed by atoms with Gasteiger partial charge in [-0.25, -0.2) is 4.98 Å². The second kappa shape index (κ2) is 9.58. The second-order valence-electron chi connectivity index (χ2n) is 6.39. The zero-order valence-electron chi connectivity index (χ0n) is 15.7. The molecule has 0 aliphatic heterocycles. The lowest BCUT2D eigenvalue weighted by atomic mass is 10.2. The topological polar surface area (TPSA) is 58.2 Å². The summed E-state index contributed by atoms with van der Waals surface area (Å²) in [4.78, 5) is 22.6. The van der Waals surface area contributed by atoms with E-state index in [4.69, 9.17) is 4.74 Å². The van der Waals surface area contributed by atoms with Crippen LogP contribution in [0.5, 0.6) is 0 Å². The van der Waals surface area contributed by atoms with Gasteiger partial charge in [-0.15, -0.1) is 11.8 Å². The van der Waals surface area contributed by atoms with Crippen LogP contribution in [0.25, 0.3) is 11.0 Å². The molecule has 27 heavy (non-hydrogen) atoms. The van der Waals surface area contributed by atoms with Crippen molar-refractivity contribution >= 4 is 28.7 Å². The minimum atomic E-state index is 0.113. The molecule has 6 heteroatoms. The molecular weight excluding hydrogens is 358 g/mol. The largest absolute Gasteiger partial charge is 0.383 e. The predicted octanol–water partition coefficient (Wildman–Crippen LogP) is 4.03. The van der Waals surface area contributed by atoms with Crippen LogP contribution >= 0.6 is 11.8 Å². The maximum Gasteiger partial charge on any atom is 0.232 e. The Kier molecular flexibility index (Phi) is 6.90. The van der Waals surface area contributed by atoms with Crippen LogP contribution in [0.3, 0.4) is 0 Å². The molecular formula is C21H25N3O2S. The molecule has 2 aromatic carbocycles. The minimum Gasteiger partial charge on any atom is -0.383 e.